The van der Waals surface area contributed by atoms with Crippen LogP contribution in [0.1, 0.15) is 55.0 Å². The van der Waals surface area contributed by atoms with Gasteiger partial charge in [0.1, 0.15) is 23.9 Å². The zero-order chi connectivity index (χ0) is 32.1. The molecule has 0 saturated heterocycles. The van der Waals surface area contributed by atoms with E-state index < -0.39 is 66.9 Å². The third kappa shape index (κ3) is 11.9. The van der Waals surface area contributed by atoms with Gasteiger partial charge in [0.2, 0.25) is 11.8 Å². The minimum Gasteiger partial charge on any atom is -0.508 e. The third-order valence-electron chi connectivity index (χ3n) is 5.72. The van der Waals surface area contributed by atoms with Gasteiger partial charge in [0.25, 0.3) is 0 Å². The van der Waals surface area contributed by atoms with Gasteiger partial charge in [-0.15, -0.1) is 0 Å². The number of hydrogen-bond donors (Lipinski definition) is 10. The van der Waals surface area contributed by atoms with E-state index in [1.807, 2.05) is 0 Å². The maximum Gasteiger partial charge on any atom is 0.326 e. The Kier molecular flexibility index (Phi) is 12.6. The molecule has 0 fully saturated rings. The second-order valence-corrected chi connectivity index (χ2v) is 9.23. The van der Waals surface area contributed by atoms with Gasteiger partial charge < -0.3 is 58.1 Å². The quantitative estimate of drug-likeness (QED) is 0.0544. The summed E-state index contributed by atoms with van der Waals surface area (Å²) in [4.78, 5) is 67.9. The Hall–Kier alpha value is -5.46. The van der Waals surface area contributed by atoms with Gasteiger partial charge in [0.05, 0.1) is 18.9 Å². The molecule has 1 heterocycles. The predicted molar refractivity (Wildman–Crippen MR) is 145 cm³/mol. The van der Waals surface area contributed by atoms with Crippen LogP contribution < -0.4 is 33.2 Å². The fourth-order valence-corrected chi connectivity index (χ4v) is 3.66. The molecular weight excluding hydrogens is 574 g/mol. The fraction of sp³-hybridized carbons (Fsp3) is 0.417. The molecule has 3 amide bonds. The van der Waals surface area contributed by atoms with Gasteiger partial charge in [0, 0.05) is 13.0 Å². The van der Waals surface area contributed by atoms with Crippen molar-refractivity contribution in [3.05, 3.63) is 41.5 Å². The van der Waals surface area contributed by atoms with Crippen molar-refractivity contribution in [1.29, 1.82) is 0 Å². The SMILES string of the molecule is NC(N)=NCCC[C@H](NC(=O)N[C@@H](CC(=O)O)C(=O)NC(Cc1ccc(O)cc1)C(=O)O)c1nc([C@@H](N)CC(=O)O)no1. The number of rotatable bonds is 17. The highest BCUT2D eigenvalue weighted by atomic mass is 16.5. The van der Waals surface area contributed by atoms with Crippen LogP contribution in [0, 0.1) is 0 Å². The maximum absolute atomic E-state index is 12.9. The highest BCUT2D eigenvalue weighted by Gasteiger charge is 2.30. The summed E-state index contributed by atoms with van der Waals surface area (Å²) < 4.78 is 5.15. The number of aliphatic imine (C=N–C) groups is 1. The number of nitrogens with two attached hydrogens (primary N) is 3. The monoisotopic (exact) mass is 607 g/mol. The number of amides is 3. The molecule has 0 aliphatic carbocycles. The lowest BCUT2D eigenvalue weighted by atomic mass is 10.0. The van der Waals surface area contributed by atoms with E-state index in [9.17, 15) is 39.3 Å². The lowest BCUT2D eigenvalue weighted by Gasteiger charge is -2.22. The average molecular weight is 608 g/mol. The standard InChI is InChI=1S/C24H33N9O10/c25-13(9-17(35)36)19-32-21(43-33-19)14(2-1-7-28-23(26)27)30-24(42)31-15(10-18(37)38)20(39)29-16(22(40)41)8-11-3-5-12(34)6-4-11/h3-6,13-16,34H,1-2,7-10,25H2,(H,29,39)(H,35,36)(H,37,38)(H,40,41)(H4,26,27,28)(H2,30,31,42)/t13-,14-,15-,16?/m0/s1. The van der Waals surface area contributed by atoms with Gasteiger partial charge in [-0.2, -0.15) is 4.98 Å². The van der Waals surface area contributed by atoms with Gasteiger partial charge in [-0.25, -0.2) is 9.59 Å². The highest BCUT2D eigenvalue weighted by molar-refractivity contribution is 5.92. The Labute approximate surface area is 243 Å². The number of carbonyl (C=O) groups is 5. The van der Waals surface area contributed by atoms with Gasteiger partial charge in [-0.1, -0.05) is 17.3 Å². The lowest BCUT2D eigenvalue weighted by molar-refractivity contribution is -0.143. The van der Waals surface area contributed by atoms with E-state index in [1.165, 1.54) is 24.3 Å². The number of carboxylic acids is 3. The van der Waals surface area contributed by atoms with E-state index in [0.717, 1.165) is 0 Å². The number of hydrogen-bond acceptors (Lipinski definition) is 11. The minimum absolute atomic E-state index is 0.0502. The maximum atomic E-state index is 12.9. The molecule has 19 nitrogen and oxygen atoms in total. The molecular formula is C24H33N9O10. The van der Waals surface area contributed by atoms with Crippen molar-refractivity contribution in [3.8, 4) is 5.75 Å². The molecule has 1 unspecified atom stereocenters. The normalized spacial score (nSPS) is 13.5. The Balaban J connectivity index is 2.18. The minimum atomic E-state index is -1.70. The Morgan fingerprint density at radius 2 is 1.58 bits per heavy atom. The number of nitrogens with one attached hydrogen (secondary N) is 3. The van der Waals surface area contributed by atoms with Gasteiger partial charge >= 0.3 is 23.9 Å². The summed E-state index contributed by atoms with van der Waals surface area (Å²) in [6.45, 7) is 0.142. The van der Waals surface area contributed by atoms with Gasteiger partial charge in [-0.3, -0.25) is 19.4 Å². The molecule has 0 radical (unpaired) electrons. The van der Waals surface area contributed by atoms with E-state index in [-0.39, 0.29) is 49.2 Å². The molecule has 1 aromatic heterocycles. The van der Waals surface area contributed by atoms with E-state index in [1.54, 1.807) is 0 Å². The van der Waals surface area contributed by atoms with Crippen molar-refractivity contribution in [3.63, 3.8) is 0 Å². The average Bonchev–Trinajstić information content (AvgIpc) is 3.40. The van der Waals surface area contributed by atoms with Crippen molar-refractivity contribution in [1.82, 2.24) is 26.1 Å². The third-order valence-corrected chi connectivity index (χ3v) is 5.72. The highest BCUT2D eigenvalue weighted by Crippen LogP contribution is 2.20. The van der Waals surface area contributed by atoms with Crippen molar-refractivity contribution >= 4 is 35.8 Å². The largest absolute Gasteiger partial charge is 0.508 e. The number of carboxylic acid groups (broad SMARTS) is 3. The number of phenols is 1. The smallest absolute Gasteiger partial charge is 0.326 e. The Bertz CT molecular complexity index is 1310. The zero-order valence-corrected chi connectivity index (χ0v) is 22.7. The van der Waals surface area contributed by atoms with Crippen LogP contribution >= 0.6 is 0 Å². The summed E-state index contributed by atoms with van der Waals surface area (Å²) in [5, 5.41) is 47.8. The van der Waals surface area contributed by atoms with E-state index >= 15 is 0 Å². The molecule has 1 aromatic carbocycles. The van der Waals surface area contributed by atoms with Crippen LogP contribution in [0.5, 0.6) is 5.75 Å². The molecule has 13 N–H and O–H groups in total. The molecule has 0 saturated carbocycles. The number of carbonyl (C=O) groups excluding carboxylic acids is 2. The topological polar surface area (TPSA) is 332 Å². The Morgan fingerprint density at radius 1 is 0.930 bits per heavy atom. The number of aromatic nitrogens is 2. The summed E-state index contributed by atoms with van der Waals surface area (Å²) in [6, 6.07) is -0.846. The first kappa shape index (κ1) is 33.7. The summed E-state index contributed by atoms with van der Waals surface area (Å²) in [5.74, 6) is -5.73. The first-order valence-corrected chi connectivity index (χ1v) is 12.7. The number of phenolic OH excluding ortho intramolecular Hbond substituents is 1. The van der Waals surface area contributed by atoms with Crippen LogP contribution in [-0.2, 0) is 25.6 Å². The van der Waals surface area contributed by atoms with Crippen LogP contribution in [0.3, 0.4) is 0 Å². The first-order valence-electron chi connectivity index (χ1n) is 12.7. The van der Waals surface area contributed by atoms with Crippen LogP contribution in [0.2, 0.25) is 0 Å². The molecule has 43 heavy (non-hydrogen) atoms. The number of nitrogens with zero attached hydrogens (tertiary/aromatic N) is 3. The van der Waals surface area contributed by atoms with Crippen molar-refractivity contribution in [2.24, 2.45) is 22.2 Å². The molecule has 4 atom stereocenters. The zero-order valence-electron chi connectivity index (χ0n) is 22.7. The molecule has 234 valence electrons. The van der Waals surface area contributed by atoms with E-state index in [2.05, 4.69) is 31.1 Å². The Morgan fingerprint density at radius 3 is 2.16 bits per heavy atom. The van der Waals surface area contributed by atoms with Gasteiger partial charge in [0.15, 0.2) is 11.8 Å². The van der Waals surface area contributed by atoms with Crippen LogP contribution in [0.15, 0.2) is 33.8 Å². The van der Waals surface area contributed by atoms with Gasteiger partial charge in [-0.05, 0) is 30.5 Å². The molecule has 2 aromatic rings. The fourth-order valence-electron chi connectivity index (χ4n) is 3.66. The summed E-state index contributed by atoms with van der Waals surface area (Å²) >= 11 is 0. The van der Waals surface area contributed by atoms with E-state index in [4.69, 9.17) is 26.8 Å². The number of benzene rings is 1. The van der Waals surface area contributed by atoms with Crippen LogP contribution in [0.4, 0.5) is 4.79 Å². The van der Waals surface area contributed by atoms with Crippen molar-refractivity contribution in [2.45, 2.75) is 56.3 Å². The van der Waals surface area contributed by atoms with Crippen LogP contribution in [0.25, 0.3) is 0 Å². The number of aromatic hydroxyl groups is 1. The predicted octanol–water partition coefficient (Wildman–Crippen LogP) is -1.70. The summed E-state index contributed by atoms with van der Waals surface area (Å²) in [5.41, 5.74) is 16.8. The molecule has 19 heteroatoms. The number of aliphatic carboxylic acids is 3. The lowest BCUT2D eigenvalue weighted by Crippen LogP contribution is -2.54. The molecule has 0 aliphatic heterocycles. The summed E-state index contributed by atoms with van der Waals surface area (Å²) in [6.07, 6.45) is -1.22. The molecule has 0 spiro atoms. The second kappa shape index (κ2) is 16.1. The number of urea groups is 1. The number of guanidine groups is 1. The second-order valence-electron chi connectivity index (χ2n) is 9.23. The van der Waals surface area contributed by atoms with Crippen molar-refractivity contribution < 1.29 is 48.9 Å². The molecule has 0 bridgehead atoms. The van der Waals surface area contributed by atoms with Crippen LogP contribution in [-0.4, -0.2) is 85.0 Å². The van der Waals surface area contributed by atoms with Crippen molar-refractivity contribution in [2.75, 3.05) is 6.54 Å². The molecule has 0 aliphatic rings. The first-order chi connectivity index (χ1) is 20.2. The summed E-state index contributed by atoms with van der Waals surface area (Å²) in [7, 11) is 0. The molecule has 2 rings (SSSR count). The van der Waals surface area contributed by atoms with E-state index in [0.29, 0.717) is 5.56 Å².